The van der Waals surface area contributed by atoms with E-state index in [4.69, 9.17) is 0 Å². The van der Waals surface area contributed by atoms with Crippen LogP contribution in [0.25, 0.3) is 17.2 Å². The van der Waals surface area contributed by atoms with Gasteiger partial charge in [-0.1, -0.05) is 49.9 Å². The van der Waals surface area contributed by atoms with E-state index in [0.29, 0.717) is 17.5 Å². The number of fused-ring (bicyclic) bond motifs is 2. The minimum atomic E-state index is -0.596. The molecule has 5 nitrogen and oxygen atoms in total. The first-order chi connectivity index (χ1) is 19.8. The molecule has 0 atom stereocenters. The molecule has 5 rings (SSSR count). The second-order valence-electron chi connectivity index (χ2n) is 10.8. The molecule has 0 aliphatic heterocycles. The average molecular weight is 561 g/mol. The van der Waals surface area contributed by atoms with Crippen molar-refractivity contribution >= 4 is 29.8 Å². The standard InChI is InChI=1S/C27H26F2N2O3.C7H12/c1-4-30(2)24-10-8-20(9-11-24)21-6-7-22(26(29)15-21)17-31(18-32)25-14-19(13-23(28)16-25)5-12-27(33)34-3;1-2-7-4-3-6(1)5-7/h5-16,18H,4,17H2,1-3H3;6-7H,1-5H2/b12-5+;. The Hall–Kier alpha value is -4.00. The molecule has 0 aromatic heterocycles. The second kappa shape index (κ2) is 14.1. The van der Waals surface area contributed by atoms with Gasteiger partial charge in [-0.05, 0) is 84.3 Å². The summed E-state index contributed by atoms with van der Waals surface area (Å²) in [4.78, 5) is 26.3. The van der Waals surface area contributed by atoms with Gasteiger partial charge in [-0.25, -0.2) is 13.6 Å². The number of nitrogens with zero attached hydrogens (tertiary/aromatic N) is 2. The summed E-state index contributed by atoms with van der Waals surface area (Å²) in [5.74, 6) is 0.686. The number of carbonyl (C=O) groups is 2. The highest BCUT2D eigenvalue weighted by Gasteiger charge is 2.30. The number of hydrogen-bond donors (Lipinski definition) is 0. The summed E-state index contributed by atoms with van der Waals surface area (Å²) >= 11 is 0. The average Bonchev–Trinajstić information content (AvgIpc) is 3.65. The van der Waals surface area contributed by atoms with Gasteiger partial charge in [0.05, 0.1) is 13.7 Å². The minimum absolute atomic E-state index is 0.0839. The predicted molar refractivity (Wildman–Crippen MR) is 161 cm³/mol. The van der Waals surface area contributed by atoms with Gasteiger partial charge in [0.2, 0.25) is 6.41 Å². The molecular formula is C34H38F2N2O3. The third kappa shape index (κ3) is 8.03. The molecule has 2 fully saturated rings. The first kappa shape index (κ1) is 30.0. The van der Waals surface area contributed by atoms with E-state index in [9.17, 15) is 18.4 Å². The summed E-state index contributed by atoms with van der Waals surface area (Å²) in [5, 5.41) is 0. The highest BCUT2D eigenvalue weighted by Crippen LogP contribution is 2.43. The summed E-state index contributed by atoms with van der Waals surface area (Å²) in [6.07, 6.45) is 10.9. The quantitative estimate of drug-likeness (QED) is 0.153. The van der Waals surface area contributed by atoms with Gasteiger partial charge in [0.1, 0.15) is 11.6 Å². The maximum absolute atomic E-state index is 14.9. The van der Waals surface area contributed by atoms with Crippen molar-refractivity contribution in [1.82, 2.24) is 0 Å². The maximum Gasteiger partial charge on any atom is 0.330 e. The molecule has 2 aliphatic rings. The zero-order chi connectivity index (χ0) is 29.4. The molecule has 216 valence electrons. The van der Waals surface area contributed by atoms with Crippen molar-refractivity contribution < 1.29 is 23.1 Å². The number of ether oxygens (including phenoxy) is 1. The van der Waals surface area contributed by atoms with Crippen LogP contribution in [-0.4, -0.2) is 33.1 Å². The first-order valence-electron chi connectivity index (χ1n) is 14.2. The molecule has 0 radical (unpaired) electrons. The monoisotopic (exact) mass is 560 g/mol. The van der Waals surface area contributed by atoms with Crippen LogP contribution in [0.1, 0.15) is 50.2 Å². The number of esters is 1. The summed E-state index contributed by atoms with van der Waals surface area (Å²) < 4.78 is 33.6. The Labute approximate surface area is 241 Å². The first-order valence-corrected chi connectivity index (χ1v) is 14.2. The van der Waals surface area contributed by atoms with Crippen LogP contribution in [-0.2, 0) is 20.9 Å². The predicted octanol–water partition coefficient (Wildman–Crippen LogP) is 7.63. The fraction of sp³-hybridized carbons (Fsp3) is 0.353. The van der Waals surface area contributed by atoms with Gasteiger partial charge < -0.3 is 14.5 Å². The summed E-state index contributed by atoms with van der Waals surface area (Å²) in [5.41, 5.74) is 3.54. The lowest BCUT2D eigenvalue weighted by atomic mass is 10.0. The molecule has 0 spiro atoms. The Kier molecular flexibility index (Phi) is 10.3. The SMILES string of the molecule is C1CC2CCC1C2.CCN(C)c1ccc(-c2ccc(CN(C=O)c3cc(F)cc(/C=C/C(=O)OC)c3)c(F)c2)cc1. The van der Waals surface area contributed by atoms with Gasteiger partial charge in [0, 0.05) is 36.6 Å². The molecular weight excluding hydrogens is 522 g/mol. The van der Waals surface area contributed by atoms with E-state index >= 15 is 0 Å². The molecule has 2 bridgehead atoms. The van der Waals surface area contributed by atoms with E-state index in [1.807, 2.05) is 31.3 Å². The third-order valence-electron chi connectivity index (χ3n) is 8.12. The van der Waals surface area contributed by atoms with Gasteiger partial charge in [-0.3, -0.25) is 4.79 Å². The fourth-order valence-corrected chi connectivity index (χ4v) is 5.58. The molecule has 0 unspecified atom stereocenters. The topological polar surface area (TPSA) is 49.9 Å². The highest BCUT2D eigenvalue weighted by molar-refractivity contribution is 5.87. The molecule has 0 heterocycles. The van der Waals surface area contributed by atoms with E-state index in [1.54, 1.807) is 44.2 Å². The van der Waals surface area contributed by atoms with Crippen molar-refractivity contribution in [2.45, 2.75) is 45.6 Å². The lowest BCUT2D eigenvalue weighted by Crippen LogP contribution is -2.21. The van der Waals surface area contributed by atoms with Crippen LogP contribution in [0.2, 0.25) is 0 Å². The normalized spacial score (nSPS) is 17.2. The van der Waals surface area contributed by atoms with Crippen LogP contribution < -0.4 is 9.80 Å². The van der Waals surface area contributed by atoms with E-state index in [1.165, 1.54) is 54.2 Å². The summed E-state index contributed by atoms with van der Waals surface area (Å²) in [7, 11) is 3.23. The zero-order valence-electron chi connectivity index (χ0n) is 24.0. The number of amides is 1. The molecule has 2 saturated carbocycles. The van der Waals surface area contributed by atoms with Crippen molar-refractivity contribution in [2.24, 2.45) is 11.8 Å². The molecule has 3 aromatic rings. The Balaban J connectivity index is 0.000000473. The Morgan fingerprint density at radius 3 is 2.12 bits per heavy atom. The van der Waals surface area contributed by atoms with Gasteiger partial charge in [-0.15, -0.1) is 0 Å². The molecule has 7 heteroatoms. The number of carbonyl (C=O) groups excluding carboxylic acids is 2. The van der Waals surface area contributed by atoms with E-state index in [2.05, 4.69) is 16.6 Å². The van der Waals surface area contributed by atoms with Gasteiger partial charge in [0.25, 0.3) is 0 Å². The number of methoxy groups -OCH3 is 1. The van der Waals surface area contributed by atoms with Gasteiger partial charge in [-0.2, -0.15) is 0 Å². The molecule has 0 N–H and O–H groups in total. The number of halogens is 2. The fourth-order valence-electron chi connectivity index (χ4n) is 5.58. The van der Waals surface area contributed by atoms with Crippen LogP contribution in [0.4, 0.5) is 20.2 Å². The van der Waals surface area contributed by atoms with Crippen molar-refractivity contribution in [3.05, 3.63) is 89.5 Å². The maximum atomic E-state index is 14.9. The van der Waals surface area contributed by atoms with Crippen LogP contribution in [0.3, 0.4) is 0 Å². The van der Waals surface area contributed by atoms with E-state index < -0.39 is 17.6 Å². The van der Waals surface area contributed by atoms with Crippen LogP contribution in [0.5, 0.6) is 0 Å². The number of rotatable bonds is 9. The zero-order valence-corrected chi connectivity index (χ0v) is 24.0. The highest BCUT2D eigenvalue weighted by atomic mass is 19.1. The number of anilines is 2. The summed E-state index contributed by atoms with van der Waals surface area (Å²) in [6, 6.07) is 16.6. The molecule has 2 aliphatic carbocycles. The number of benzene rings is 3. The molecule has 0 saturated heterocycles. The summed E-state index contributed by atoms with van der Waals surface area (Å²) in [6.45, 7) is 2.86. The lowest BCUT2D eigenvalue weighted by molar-refractivity contribution is -0.134. The second-order valence-corrected chi connectivity index (χ2v) is 10.8. The van der Waals surface area contributed by atoms with E-state index in [-0.39, 0.29) is 17.8 Å². The van der Waals surface area contributed by atoms with E-state index in [0.717, 1.165) is 23.9 Å². The van der Waals surface area contributed by atoms with Crippen molar-refractivity contribution in [3.8, 4) is 11.1 Å². The van der Waals surface area contributed by atoms with Crippen LogP contribution in [0.15, 0.2) is 66.7 Å². The lowest BCUT2D eigenvalue weighted by Gasteiger charge is -2.19. The van der Waals surface area contributed by atoms with Crippen molar-refractivity contribution in [1.29, 1.82) is 0 Å². The molecule has 3 aromatic carbocycles. The third-order valence-corrected chi connectivity index (χ3v) is 8.12. The number of hydrogen-bond acceptors (Lipinski definition) is 4. The van der Waals surface area contributed by atoms with Crippen molar-refractivity contribution in [2.75, 3.05) is 30.5 Å². The van der Waals surface area contributed by atoms with Gasteiger partial charge in [0.15, 0.2) is 0 Å². The Morgan fingerprint density at radius 2 is 1.59 bits per heavy atom. The van der Waals surface area contributed by atoms with Crippen molar-refractivity contribution in [3.63, 3.8) is 0 Å². The van der Waals surface area contributed by atoms with Crippen LogP contribution in [0, 0.1) is 23.5 Å². The largest absolute Gasteiger partial charge is 0.466 e. The Bertz CT molecular complexity index is 1350. The molecule has 41 heavy (non-hydrogen) atoms. The Morgan fingerprint density at radius 1 is 0.927 bits per heavy atom. The van der Waals surface area contributed by atoms with Gasteiger partial charge >= 0.3 is 5.97 Å². The molecule has 1 amide bonds. The minimum Gasteiger partial charge on any atom is -0.466 e. The van der Waals surface area contributed by atoms with Crippen LogP contribution >= 0.6 is 0 Å². The smallest absolute Gasteiger partial charge is 0.330 e.